The maximum Gasteiger partial charge on any atom is 0.270 e. The minimum absolute atomic E-state index is 0.0287. The van der Waals surface area contributed by atoms with Crippen LogP contribution in [0.2, 0.25) is 0 Å². The lowest BCUT2D eigenvalue weighted by atomic mass is 10.1. The molecule has 0 atom stereocenters. The Hall–Kier alpha value is -3.75. The summed E-state index contributed by atoms with van der Waals surface area (Å²) >= 11 is 0. The van der Waals surface area contributed by atoms with Crippen LogP contribution in [0.4, 0.5) is 5.69 Å². The first-order valence-electron chi connectivity index (χ1n) is 9.00. The van der Waals surface area contributed by atoms with Gasteiger partial charge >= 0.3 is 0 Å². The van der Waals surface area contributed by atoms with Crippen LogP contribution < -0.4 is 15.6 Å². The first-order valence-corrected chi connectivity index (χ1v) is 9.00. The van der Waals surface area contributed by atoms with Gasteiger partial charge in [-0.1, -0.05) is 13.0 Å². The predicted octanol–water partition coefficient (Wildman–Crippen LogP) is 2.81. The highest BCUT2D eigenvalue weighted by Gasteiger charge is 2.13. The van der Waals surface area contributed by atoms with Gasteiger partial charge in [0.05, 0.1) is 11.5 Å². The molecule has 152 valence electrons. The van der Waals surface area contributed by atoms with Gasteiger partial charge in [-0.15, -0.1) is 0 Å². The summed E-state index contributed by atoms with van der Waals surface area (Å²) in [6.45, 7) is 2.59. The van der Waals surface area contributed by atoms with Crippen molar-refractivity contribution >= 4 is 23.3 Å². The molecule has 0 bridgehead atoms. The second-order valence-corrected chi connectivity index (χ2v) is 6.11. The van der Waals surface area contributed by atoms with E-state index in [4.69, 9.17) is 4.74 Å². The number of nitro benzene ring substituents is 1. The van der Waals surface area contributed by atoms with Crippen LogP contribution in [0.25, 0.3) is 0 Å². The topological polar surface area (TPSA) is 128 Å². The molecule has 0 spiro atoms. The summed E-state index contributed by atoms with van der Waals surface area (Å²) in [5, 5.41) is 10.7. The second-order valence-electron chi connectivity index (χ2n) is 6.11. The van der Waals surface area contributed by atoms with Gasteiger partial charge in [-0.3, -0.25) is 35.3 Å². The van der Waals surface area contributed by atoms with Gasteiger partial charge in [-0.25, -0.2) is 0 Å². The quantitative estimate of drug-likeness (QED) is 0.379. The number of nitrogens with one attached hydrogen (secondary N) is 2. The molecule has 2 amide bonds. The van der Waals surface area contributed by atoms with Crippen molar-refractivity contribution in [3.8, 4) is 5.75 Å². The SMILES string of the molecule is CCCOc1ccc(C(=O)CCC(=O)NNC(=O)c2cccc([N+](=O)[O-])c2)cc1. The van der Waals surface area contributed by atoms with Gasteiger partial charge in [0.2, 0.25) is 5.91 Å². The predicted molar refractivity (Wildman–Crippen MR) is 104 cm³/mol. The van der Waals surface area contributed by atoms with Crippen LogP contribution in [0.1, 0.15) is 46.9 Å². The number of carbonyl (C=O) groups is 3. The monoisotopic (exact) mass is 399 g/mol. The third-order valence-corrected chi connectivity index (χ3v) is 3.86. The van der Waals surface area contributed by atoms with Crippen LogP contribution >= 0.6 is 0 Å². The summed E-state index contributed by atoms with van der Waals surface area (Å²) in [6, 6.07) is 11.8. The highest BCUT2D eigenvalue weighted by Crippen LogP contribution is 2.15. The van der Waals surface area contributed by atoms with Gasteiger partial charge < -0.3 is 4.74 Å². The van der Waals surface area contributed by atoms with Crippen molar-refractivity contribution in [3.05, 3.63) is 69.8 Å². The van der Waals surface area contributed by atoms with Crippen LogP contribution in [-0.2, 0) is 4.79 Å². The average molecular weight is 399 g/mol. The zero-order valence-electron chi connectivity index (χ0n) is 15.8. The Morgan fingerprint density at radius 1 is 1.00 bits per heavy atom. The number of nitrogens with zero attached hydrogens (tertiary/aromatic N) is 1. The summed E-state index contributed by atoms with van der Waals surface area (Å²) in [4.78, 5) is 46.1. The fourth-order valence-corrected chi connectivity index (χ4v) is 2.35. The number of hydrogen-bond acceptors (Lipinski definition) is 6. The van der Waals surface area contributed by atoms with Gasteiger partial charge in [0.15, 0.2) is 5.78 Å². The Bertz CT molecular complexity index is 895. The van der Waals surface area contributed by atoms with Crippen molar-refractivity contribution in [2.24, 2.45) is 0 Å². The second kappa shape index (κ2) is 10.5. The van der Waals surface area contributed by atoms with E-state index in [9.17, 15) is 24.5 Å². The lowest BCUT2D eigenvalue weighted by Crippen LogP contribution is -2.41. The molecule has 0 saturated heterocycles. The summed E-state index contributed by atoms with van der Waals surface area (Å²) in [6.07, 6.45) is 0.726. The van der Waals surface area contributed by atoms with E-state index < -0.39 is 16.7 Å². The molecule has 9 nitrogen and oxygen atoms in total. The molecule has 0 unspecified atom stereocenters. The minimum Gasteiger partial charge on any atom is -0.494 e. The number of carbonyl (C=O) groups excluding carboxylic acids is 3. The first-order chi connectivity index (χ1) is 13.9. The molecule has 0 fully saturated rings. The number of non-ortho nitro benzene ring substituents is 1. The molecule has 0 radical (unpaired) electrons. The minimum atomic E-state index is -0.698. The van der Waals surface area contributed by atoms with E-state index in [1.165, 1.54) is 18.2 Å². The highest BCUT2D eigenvalue weighted by atomic mass is 16.6. The van der Waals surface area contributed by atoms with Crippen molar-refractivity contribution in [1.82, 2.24) is 10.9 Å². The number of amides is 2. The number of hydrazine groups is 1. The zero-order chi connectivity index (χ0) is 21.2. The number of benzene rings is 2. The zero-order valence-corrected chi connectivity index (χ0v) is 15.8. The number of Topliss-reactive ketones (excluding diaryl/α,β-unsaturated/α-hetero) is 1. The van der Waals surface area contributed by atoms with Crippen molar-refractivity contribution in [1.29, 1.82) is 0 Å². The first kappa shape index (κ1) is 21.5. The number of ether oxygens (including phenoxy) is 1. The maximum atomic E-state index is 12.2. The summed E-state index contributed by atoms with van der Waals surface area (Å²) in [7, 11) is 0. The van der Waals surface area contributed by atoms with Crippen LogP contribution in [-0.4, -0.2) is 29.1 Å². The van der Waals surface area contributed by atoms with Gasteiger partial charge in [0, 0.05) is 36.1 Å². The molecule has 2 aromatic rings. The number of hydrogen-bond donors (Lipinski definition) is 2. The van der Waals surface area contributed by atoms with Crippen molar-refractivity contribution < 1.29 is 24.0 Å². The highest BCUT2D eigenvalue weighted by molar-refractivity contribution is 5.99. The van der Waals surface area contributed by atoms with Crippen molar-refractivity contribution in [2.75, 3.05) is 6.61 Å². The van der Waals surface area contributed by atoms with Crippen molar-refractivity contribution in [3.63, 3.8) is 0 Å². The Labute approximate surface area is 167 Å². The summed E-state index contributed by atoms with van der Waals surface area (Å²) in [5.41, 5.74) is 4.61. The third kappa shape index (κ3) is 6.73. The van der Waals surface area contributed by atoms with E-state index in [1.807, 2.05) is 6.92 Å². The Morgan fingerprint density at radius 3 is 2.38 bits per heavy atom. The molecule has 0 aliphatic carbocycles. The molecule has 9 heteroatoms. The van der Waals surface area contributed by atoms with Crippen LogP contribution in [0, 0.1) is 10.1 Å². The summed E-state index contributed by atoms with van der Waals surface area (Å²) in [5.74, 6) is -0.798. The van der Waals surface area contributed by atoms with E-state index in [0.29, 0.717) is 17.9 Å². The Balaban J connectivity index is 1.79. The normalized spacial score (nSPS) is 10.1. The lowest BCUT2D eigenvalue weighted by Gasteiger charge is -2.08. The molecule has 0 saturated carbocycles. The molecule has 0 heterocycles. The van der Waals surface area contributed by atoms with Crippen LogP contribution in [0.15, 0.2) is 48.5 Å². The number of ketones is 1. The van der Waals surface area contributed by atoms with Gasteiger partial charge in [-0.2, -0.15) is 0 Å². The van der Waals surface area contributed by atoms with E-state index in [0.717, 1.165) is 12.5 Å². The molecule has 2 aromatic carbocycles. The molecule has 29 heavy (non-hydrogen) atoms. The van der Waals surface area contributed by atoms with E-state index in [1.54, 1.807) is 24.3 Å². The number of rotatable bonds is 9. The fourth-order valence-electron chi connectivity index (χ4n) is 2.35. The van der Waals surface area contributed by atoms with Gasteiger partial charge in [-0.05, 0) is 36.8 Å². The van der Waals surface area contributed by atoms with E-state index in [2.05, 4.69) is 10.9 Å². The average Bonchev–Trinajstić information content (AvgIpc) is 2.74. The molecule has 0 aliphatic rings. The summed E-state index contributed by atoms with van der Waals surface area (Å²) < 4.78 is 5.45. The standard InChI is InChI=1S/C20H21N3O6/c1-2-12-29-17-8-6-14(7-9-17)18(24)10-11-19(25)21-22-20(26)15-4-3-5-16(13-15)23(27)28/h3-9,13H,2,10-12H2,1H3,(H,21,25)(H,22,26). The lowest BCUT2D eigenvalue weighted by molar-refractivity contribution is -0.384. The smallest absolute Gasteiger partial charge is 0.270 e. The maximum absolute atomic E-state index is 12.2. The molecule has 0 aliphatic heterocycles. The molecule has 2 rings (SSSR count). The molecular formula is C20H21N3O6. The molecular weight excluding hydrogens is 378 g/mol. The van der Waals surface area contributed by atoms with Gasteiger partial charge in [0.25, 0.3) is 11.6 Å². The molecule has 0 aromatic heterocycles. The van der Waals surface area contributed by atoms with E-state index >= 15 is 0 Å². The Kier molecular flexibility index (Phi) is 7.84. The number of nitro groups is 1. The third-order valence-electron chi connectivity index (χ3n) is 3.86. The Morgan fingerprint density at radius 2 is 1.72 bits per heavy atom. The van der Waals surface area contributed by atoms with Gasteiger partial charge in [0.1, 0.15) is 5.75 Å². The molecule has 2 N–H and O–H groups in total. The fraction of sp³-hybridized carbons (Fsp3) is 0.250. The van der Waals surface area contributed by atoms with Crippen LogP contribution in [0.5, 0.6) is 5.75 Å². The largest absolute Gasteiger partial charge is 0.494 e. The van der Waals surface area contributed by atoms with E-state index in [-0.39, 0.29) is 29.9 Å². The van der Waals surface area contributed by atoms with Crippen LogP contribution in [0.3, 0.4) is 0 Å². The van der Waals surface area contributed by atoms with Crippen molar-refractivity contribution in [2.45, 2.75) is 26.2 Å².